The van der Waals surface area contributed by atoms with Crippen molar-refractivity contribution in [3.05, 3.63) is 143 Å². The van der Waals surface area contributed by atoms with Crippen LogP contribution in [0.5, 0.6) is 17.2 Å². The van der Waals surface area contributed by atoms with Crippen molar-refractivity contribution in [3.63, 3.8) is 0 Å². The highest BCUT2D eigenvalue weighted by Crippen LogP contribution is 2.21. The lowest BCUT2D eigenvalue weighted by Gasteiger charge is -2.11. The first-order valence-electron chi connectivity index (χ1n) is 20.4. The van der Waals surface area contributed by atoms with E-state index >= 15 is 0 Å². The van der Waals surface area contributed by atoms with Gasteiger partial charge in [-0.15, -0.1) is 0 Å². The molecule has 11 N–H and O–H groups in total. The van der Waals surface area contributed by atoms with Crippen LogP contribution in [0, 0.1) is 0 Å². The van der Waals surface area contributed by atoms with Gasteiger partial charge in [0.1, 0.15) is 98.0 Å². The number of hydrogen-bond acceptors (Lipinski definition) is 18. The number of anilines is 8. The number of aromatic nitrogens is 7. The van der Waals surface area contributed by atoms with Crippen molar-refractivity contribution < 1.29 is 53.7 Å². The SMILES string of the molecule is CC(=O)Nc1cccc(NC(=O)c2cc(O)cc(C(=O)Nc3cccc(NC(=O)c4cc(O)cc(C(=O)Nc5cccc(NC(=O)c6cc(O)cc(C(=O)Nc7cccc(NC(C)=O)n7)n6)n5)n4)n3)n2)n1. The second-order valence-corrected chi connectivity index (χ2v) is 14.5. The summed E-state index contributed by atoms with van der Waals surface area (Å²) in [6.45, 7) is 2.57. The molecule has 0 atom stereocenters. The van der Waals surface area contributed by atoms with E-state index < -0.39 is 64.1 Å². The molecule has 0 spiro atoms. The molecule has 7 aromatic heterocycles. The molecular weight excluding hydrogens is 927 g/mol. The predicted octanol–water partition coefficient (Wildman–Crippen LogP) is 4.00. The first-order valence-corrected chi connectivity index (χ1v) is 20.4. The van der Waals surface area contributed by atoms with Crippen molar-refractivity contribution in [2.24, 2.45) is 0 Å². The van der Waals surface area contributed by atoms with Gasteiger partial charge in [0, 0.05) is 50.2 Å². The van der Waals surface area contributed by atoms with Gasteiger partial charge >= 0.3 is 0 Å². The normalized spacial score (nSPS) is 10.5. The minimum Gasteiger partial charge on any atom is -0.508 e. The first kappa shape index (κ1) is 48.2. The fourth-order valence-electron chi connectivity index (χ4n) is 5.98. The highest BCUT2D eigenvalue weighted by atomic mass is 16.3. The molecule has 8 amide bonds. The second-order valence-electron chi connectivity index (χ2n) is 14.5. The Bertz CT molecular complexity index is 3100. The lowest BCUT2D eigenvalue weighted by atomic mass is 10.2. The Morgan fingerprint density at radius 1 is 0.296 bits per heavy atom. The number of carbonyl (C=O) groups excluding carboxylic acids is 8. The Morgan fingerprint density at radius 2 is 0.465 bits per heavy atom. The van der Waals surface area contributed by atoms with Crippen LogP contribution < -0.4 is 42.5 Å². The maximum atomic E-state index is 13.3. The van der Waals surface area contributed by atoms with Gasteiger partial charge in [0.15, 0.2) is 0 Å². The average Bonchev–Trinajstić information content (AvgIpc) is 3.31. The Labute approximate surface area is 398 Å². The van der Waals surface area contributed by atoms with Crippen molar-refractivity contribution >= 4 is 93.8 Å². The van der Waals surface area contributed by atoms with E-state index in [2.05, 4.69) is 77.4 Å². The largest absolute Gasteiger partial charge is 0.508 e. The first-order chi connectivity index (χ1) is 33.9. The van der Waals surface area contributed by atoms with Crippen molar-refractivity contribution in [1.29, 1.82) is 0 Å². The Hall–Kier alpha value is -10.8. The highest BCUT2D eigenvalue weighted by molar-refractivity contribution is 6.09. The van der Waals surface area contributed by atoms with Crippen molar-refractivity contribution in [2.45, 2.75) is 13.8 Å². The van der Waals surface area contributed by atoms with E-state index in [1.54, 1.807) is 0 Å². The minimum absolute atomic E-state index is 0.0436. The van der Waals surface area contributed by atoms with E-state index in [0.29, 0.717) is 0 Å². The third-order valence-electron chi connectivity index (χ3n) is 8.88. The molecule has 0 saturated carbocycles. The number of amides is 8. The molecule has 0 aliphatic rings. The molecule has 0 aliphatic heterocycles. The van der Waals surface area contributed by atoms with Crippen LogP contribution in [-0.4, -0.2) is 97.5 Å². The zero-order chi connectivity index (χ0) is 50.8. The molecule has 356 valence electrons. The maximum absolute atomic E-state index is 13.3. The minimum atomic E-state index is -0.940. The third kappa shape index (κ3) is 13.2. The van der Waals surface area contributed by atoms with E-state index in [1.807, 2.05) is 0 Å². The van der Waals surface area contributed by atoms with Gasteiger partial charge in [-0.25, -0.2) is 34.9 Å². The number of rotatable bonds is 14. The summed E-state index contributed by atoms with van der Waals surface area (Å²) in [6, 6.07) is 23.2. The fraction of sp³-hybridized carbons (Fsp3) is 0.0444. The molecule has 0 saturated heterocycles. The number of hydrogen-bond donors (Lipinski definition) is 11. The number of nitrogens with one attached hydrogen (secondary N) is 8. The summed E-state index contributed by atoms with van der Waals surface area (Å²) in [5, 5.41) is 50.7. The molecule has 26 heteroatoms. The molecule has 7 aromatic rings. The molecule has 0 bridgehead atoms. The summed E-state index contributed by atoms with van der Waals surface area (Å²) in [4.78, 5) is 130. The molecule has 0 unspecified atom stereocenters. The Morgan fingerprint density at radius 3 is 0.634 bits per heavy atom. The van der Waals surface area contributed by atoms with E-state index in [4.69, 9.17) is 0 Å². The maximum Gasteiger partial charge on any atom is 0.275 e. The van der Waals surface area contributed by atoms with Crippen molar-refractivity contribution in [2.75, 3.05) is 42.5 Å². The molecule has 0 aliphatic carbocycles. The number of nitrogens with zero attached hydrogens (tertiary/aromatic N) is 7. The quantitative estimate of drug-likeness (QED) is 0.0733. The third-order valence-corrected chi connectivity index (χ3v) is 8.88. The van der Waals surface area contributed by atoms with E-state index in [-0.39, 0.29) is 81.1 Å². The van der Waals surface area contributed by atoms with Crippen molar-refractivity contribution in [3.8, 4) is 17.2 Å². The lowest BCUT2D eigenvalue weighted by molar-refractivity contribution is -0.115. The number of pyridine rings is 7. The smallest absolute Gasteiger partial charge is 0.275 e. The van der Waals surface area contributed by atoms with Crippen LogP contribution in [0.25, 0.3) is 0 Å². The number of aromatic hydroxyl groups is 3. The topological polar surface area (TPSA) is 384 Å². The molecule has 0 aromatic carbocycles. The van der Waals surface area contributed by atoms with E-state index in [9.17, 15) is 53.7 Å². The van der Waals surface area contributed by atoms with Gasteiger partial charge in [-0.2, -0.15) is 0 Å². The summed E-state index contributed by atoms with van der Waals surface area (Å²) in [5.41, 5.74) is -2.37. The standard InChI is InChI=1S/C45H35N15O11/c1-21(61)46-32-7-3-9-34(51-32)55-40(66)26-15-23(63)17-28(48-26)42(68)57-36-11-5-13-38(53-36)59-44(70)30-19-25(65)20-31(50-30)45(71)60-39-14-6-12-37(54-39)58-43(69)29-18-24(64)16-27(49-29)41(67)56-35-10-4-8-33(52-35)47-22(2)62/h3-20H,1-2H3,(H,48,63)(H,49,64)(H,50,65)(H2,46,51,55,61,66)(H2,47,52,56,62,67)(H2,53,57,59,68,70)(H2,54,58,60,69,71). The van der Waals surface area contributed by atoms with Gasteiger partial charge in [0.05, 0.1) is 0 Å². The molecule has 0 fully saturated rings. The van der Waals surface area contributed by atoms with Crippen LogP contribution in [0.15, 0.2) is 109 Å². The Kier molecular flexibility index (Phi) is 14.4. The summed E-state index contributed by atoms with van der Waals surface area (Å²) in [6.07, 6.45) is 0. The van der Waals surface area contributed by atoms with Crippen LogP contribution in [0.2, 0.25) is 0 Å². The van der Waals surface area contributed by atoms with Gasteiger partial charge in [-0.05, 0) is 48.5 Å². The summed E-state index contributed by atoms with van der Waals surface area (Å²) < 4.78 is 0. The summed E-state index contributed by atoms with van der Waals surface area (Å²) in [7, 11) is 0. The predicted molar refractivity (Wildman–Crippen MR) is 251 cm³/mol. The fourth-order valence-corrected chi connectivity index (χ4v) is 5.98. The van der Waals surface area contributed by atoms with Gasteiger partial charge in [-0.3, -0.25) is 38.4 Å². The van der Waals surface area contributed by atoms with Crippen molar-refractivity contribution in [1.82, 2.24) is 34.9 Å². The molecule has 26 nitrogen and oxygen atoms in total. The lowest BCUT2D eigenvalue weighted by Crippen LogP contribution is -2.21. The molecular formula is C45H35N15O11. The molecule has 7 heterocycles. The Balaban J connectivity index is 0.963. The molecule has 0 radical (unpaired) electrons. The summed E-state index contributed by atoms with van der Waals surface area (Å²) >= 11 is 0. The monoisotopic (exact) mass is 961 g/mol. The molecule has 71 heavy (non-hydrogen) atoms. The van der Waals surface area contributed by atoms with Crippen LogP contribution in [-0.2, 0) is 9.59 Å². The van der Waals surface area contributed by atoms with Crippen LogP contribution in [0.4, 0.5) is 46.5 Å². The summed E-state index contributed by atoms with van der Waals surface area (Å²) in [5.74, 6) is -7.64. The molecule has 7 rings (SSSR count). The van der Waals surface area contributed by atoms with Crippen LogP contribution in [0.3, 0.4) is 0 Å². The number of carbonyl (C=O) groups is 8. The van der Waals surface area contributed by atoms with E-state index in [0.717, 1.165) is 36.4 Å². The highest BCUT2D eigenvalue weighted by Gasteiger charge is 2.21. The zero-order valence-corrected chi connectivity index (χ0v) is 36.6. The van der Waals surface area contributed by atoms with Crippen LogP contribution in [0.1, 0.15) is 76.8 Å². The van der Waals surface area contributed by atoms with Gasteiger partial charge < -0.3 is 57.9 Å². The van der Waals surface area contributed by atoms with Crippen LogP contribution >= 0.6 is 0 Å². The van der Waals surface area contributed by atoms with Gasteiger partial charge in [0.2, 0.25) is 11.8 Å². The average molecular weight is 962 g/mol. The van der Waals surface area contributed by atoms with Gasteiger partial charge in [-0.1, -0.05) is 24.3 Å². The van der Waals surface area contributed by atoms with Gasteiger partial charge in [0.25, 0.3) is 35.4 Å². The van der Waals surface area contributed by atoms with E-state index in [1.165, 1.54) is 86.6 Å². The zero-order valence-electron chi connectivity index (χ0n) is 36.6. The second kappa shape index (κ2) is 21.2.